The molecule has 0 saturated carbocycles. The average molecular weight is 195 g/mol. The third-order valence-electron chi connectivity index (χ3n) is 2.55. The van der Waals surface area contributed by atoms with Gasteiger partial charge in [0.2, 0.25) is 0 Å². The molecule has 0 aromatic carbocycles. The van der Waals surface area contributed by atoms with E-state index in [1.165, 1.54) is 25.7 Å². The van der Waals surface area contributed by atoms with Crippen LogP contribution in [-0.2, 0) is 0 Å². The molecule has 0 fully saturated rings. The van der Waals surface area contributed by atoms with Crippen LogP contribution in [-0.4, -0.2) is 0 Å². The van der Waals surface area contributed by atoms with Crippen molar-refractivity contribution in [2.45, 2.75) is 52.0 Å². The Balaban J connectivity index is 2.25. The lowest BCUT2D eigenvalue weighted by atomic mass is 10.0. The van der Waals surface area contributed by atoms with Gasteiger partial charge in [-0.2, -0.15) is 0 Å². The molecule has 1 rings (SSSR count). The van der Waals surface area contributed by atoms with Gasteiger partial charge in [-0.3, -0.25) is 0 Å². The number of furan rings is 1. The molecule has 14 heavy (non-hydrogen) atoms. The lowest BCUT2D eigenvalue weighted by Crippen LogP contribution is -2.08. The summed E-state index contributed by atoms with van der Waals surface area (Å²) >= 11 is 0. The lowest BCUT2D eigenvalue weighted by molar-refractivity contribution is 0.520. The molecule has 0 aliphatic rings. The van der Waals surface area contributed by atoms with Crippen LogP contribution in [0.4, 0.5) is 0 Å². The van der Waals surface area contributed by atoms with E-state index in [9.17, 15) is 0 Å². The minimum Gasteiger partial charge on any atom is -0.469 e. The second kappa shape index (κ2) is 5.86. The molecular weight excluding hydrogens is 174 g/mol. The molecule has 0 radical (unpaired) electrons. The molecule has 0 saturated heterocycles. The summed E-state index contributed by atoms with van der Waals surface area (Å²) in [6, 6.07) is 2.19. The Morgan fingerprint density at radius 1 is 1.36 bits per heavy atom. The van der Waals surface area contributed by atoms with E-state index < -0.39 is 0 Å². The molecule has 1 atom stereocenters. The van der Waals surface area contributed by atoms with Crippen LogP contribution in [0.3, 0.4) is 0 Å². The normalized spacial score (nSPS) is 13.1. The van der Waals surface area contributed by atoms with Gasteiger partial charge in [0.15, 0.2) is 0 Å². The van der Waals surface area contributed by atoms with E-state index in [1.807, 2.05) is 13.0 Å². The van der Waals surface area contributed by atoms with E-state index in [2.05, 4.69) is 6.92 Å². The van der Waals surface area contributed by atoms with E-state index >= 15 is 0 Å². The summed E-state index contributed by atoms with van der Waals surface area (Å²) in [5.41, 5.74) is 7.17. The van der Waals surface area contributed by atoms with Crippen LogP contribution < -0.4 is 5.73 Å². The summed E-state index contributed by atoms with van der Waals surface area (Å²) in [5, 5.41) is 0. The molecule has 1 aromatic heterocycles. The Morgan fingerprint density at radius 3 is 2.71 bits per heavy atom. The zero-order chi connectivity index (χ0) is 10.4. The van der Waals surface area contributed by atoms with Crippen LogP contribution in [0.1, 0.15) is 56.4 Å². The molecule has 0 aliphatic carbocycles. The second-order valence-corrected chi connectivity index (χ2v) is 3.95. The molecule has 1 heterocycles. The lowest BCUT2D eigenvalue weighted by Gasteiger charge is -2.08. The van der Waals surface area contributed by atoms with E-state index in [-0.39, 0.29) is 6.04 Å². The van der Waals surface area contributed by atoms with Crippen molar-refractivity contribution in [2.75, 3.05) is 0 Å². The third-order valence-corrected chi connectivity index (χ3v) is 2.55. The highest BCUT2D eigenvalue weighted by Crippen LogP contribution is 2.19. The van der Waals surface area contributed by atoms with Crippen LogP contribution in [0.5, 0.6) is 0 Å². The first-order valence-electron chi connectivity index (χ1n) is 5.54. The Labute approximate surface area is 86.5 Å². The van der Waals surface area contributed by atoms with Gasteiger partial charge in [0, 0.05) is 11.6 Å². The summed E-state index contributed by atoms with van der Waals surface area (Å²) in [6.07, 6.45) is 7.95. The molecule has 0 amide bonds. The van der Waals surface area contributed by atoms with Crippen molar-refractivity contribution < 1.29 is 4.42 Å². The molecule has 1 unspecified atom stereocenters. The molecule has 1 aromatic rings. The Morgan fingerprint density at radius 2 is 2.14 bits per heavy atom. The van der Waals surface area contributed by atoms with Gasteiger partial charge < -0.3 is 10.2 Å². The van der Waals surface area contributed by atoms with Crippen molar-refractivity contribution in [3.63, 3.8) is 0 Å². The zero-order valence-electron chi connectivity index (χ0n) is 9.25. The highest BCUT2D eigenvalue weighted by atomic mass is 16.3. The van der Waals surface area contributed by atoms with Crippen molar-refractivity contribution in [1.82, 2.24) is 0 Å². The summed E-state index contributed by atoms with van der Waals surface area (Å²) < 4.78 is 5.23. The quantitative estimate of drug-likeness (QED) is 0.705. The maximum Gasteiger partial charge on any atom is 0.101 e. The largest absolute Gasteiger partial charge is 0.469 e. The van der Waals surface area contributed by atoms with Crippen molar-refractivity contribution in [2.24, 2.45) is 5.73 Å². The van der Waals surface area contributed by atoms with E-state index in [4.69, 9.17) is 10.2 Å². The number of unbranched alkanes of at least 4 members (excludes halogenated alkanes) is 3. The first-order valence-corrected chi connectivity index (χ1v) is 5.54. The van der Waals surface area contributed by atoms with Gasteiger partial charge in [0.25, 0.3) is 0 Å². The van der Waals surface area contributed by atoms with Gasteiger partial charge in [-0.15, -0.1) is 0 Å². The summed E-state index contributed by atoms with van der Waals surface area (Å²) in [5.74, 6) is 0.948. The second-order valence-electron chi connectivity index (χ2n) is 3.95. The summed E-state index contributed by atoms with van der Waals surface area (Å²) in [7, 11) is 0. The van der Waals surface area contributed by atoms with E-state index in [0.717, 1.165) is 17.7 Å². The van der Waals surface area contributed by atoms with Crippen molar-refractivity contribution in [3.05, 3.63) is 23.7 Å². The maximum atomic E-state index is 6.03. The molecule has 2 nitrogen and oxygen atoms in total. The van der Waals surface area contributed by atoms with Gasteiger partial charge in [-0.05, 0) is 19.4 Å². The highest BCUT2D eigenvalue weighted by Gasteiger charge is 2.07. The molecule has 2 heteroatoms. The third kappa shape index (κ3) is 3.54. The van der Waals surface area contributed by atoms with Crippen molar-refractivity contribution in [3.8, 4) is 0 Å². The van der Waals surface area contributed by atoms with Crippen LogP contribution in [0.2, 0.25) is 0 Å². The predicted molar refractivity (Wildman–Crippen MR) is 59.1 cm³/mol. The minimum absolute atomic E-state index is 0.157. The van der Waals surface area contributed by atoms with E-state index in [1.54, 1.807) is 6.26 Å². The fraction of sp³-hybridized carbons (Fsp3) is 0.667. The van der Waals surface area contributed by atoms with Crippen molar-refractivity contribution >= 4 is 0 Å². The monoisotopic (exact) mass is 195 g/mol. The van der Waals surface area contributed by atoms with Gasteiger partial charge >= 0.3 is 0 Å². The van der Waals surface area contributed by atoms with Crippen LogP contribution in [0.25, 0.3) is 0 Å². The average Bonchev–Trinajstić information content (AvgIpc) is 2.59. The molecule has 0 aliphatic heterocycles. The standard InChI is InChI=1S/C12H21NO/c1-3-4-5-6-7-12(13)11-8-10(2)14-9-11/h8-9,12H,3-7,13H2,1-2H3. The number of hydrogen-bond acceptors (Lipinski definition) is 2. The number of hydrogen-bond donors (Lipinski definition) is 1. The number of nitrogens with two attached hydrogens (primary N) is 1. The Bertz CT molecular complexity index is 255. The van der Waals surface area contributed by atoms with Crippen LogP contribution >= 0.6 is 0 Å². The molecule has 0 bridgehead atoms. The van der Waals surface area contributed by atoms with Crippen LogP contribution in [0.15, 0.2) is 16.7 Å². The summed E-state index contributed by atoms with van der Waals surface area (Å²) in [6.45, 7) is 4.17. The van der Waals surface area contributed by atoms with Gasteiger partial charge in [0.05, 0.1) is 6.26 Å². The SMILES string of the molecule is CCCCCCC(N)c1coc(C)c1. The topological polar surface area (TPSA) is 39.2 Å². The predicted octanol–water partition coefficient (Wildman–Crippen LogP) is 3.56. The first kappa shape index (κ1) is 11.3. The zero-order valence-corrected chi connectivity index (χ0v) is 9.25. The molecule has 80 valence electrons. The maximum absolute atomic E-state index is 6.03. The molecular formula is C12H21NO. The van der Waals surface area contributed by atoms with E-state index in [0.29, 0.717) is 0 Å². The van der Waals surface area contributed by atoms with Crippen LogP contribution in [0, 0.1) is 6.92 Å². The fourth-order valence-corrected chi connectivity index (χ4v) is 1.62. The first-order chi connectivity index (χ1) is 6.74. The summed E-state index contributed by atoms with van der Waals surface area (Å²) in [4.78, 5) is 0. The fourth-order valence-electron chi connectivity index (χ4n) is 1.62. The van der Waals surface area contributed by atoms with Crippen molar-refractivity contribution in [1.29, 1.82) is 0 Å². The Hall–Kier alpha value is -0.760. The van der Waals surface area contributed by atoms with Gasteiger partial charge in [-0.25, -0.2) is 0 Å². The number of aryl methyl sites for hydroxylation is 1. The smallest absolute Gasteiger partial charge is 0.101 e. The highest BCUT2D eigenvalue weighted by molar-refractivity contribution is 5.15. The molecule has 0 spiro atoms. The van der Waals surface area contributed by atoms with Gasteiger partial charge in [-0.1, -0.05) is 32.6 Å². The van der Waals surface area contributed by atoms with Gasteiger partial charge in [0.1, 0.15) is 5.76 Å². The molecule has 2 N–H and O–H groups in total. The number of rotatable bonds is 6. The Kier molecular flexibility index (Phi) is 4.74. The minimum atomic E-state index is 0.157.